The van der Waals surface area contributed by atoms with Crippen molar-refractivity contribution in [2.75, 3.05) is 6.54 Å². The van der Waals surface area contributed by atoms with Crippen LogP contribution >= 0.6 is 11.6 Å². The van der Waals surface area contributed by atoms with E-state index >= 15 is 0 Å². The fourth-order valence-corrected chi connectivity index (χ4v) is 2.76. The lowest BCUT2D eigenvalue weighted by molar-refractivity contribution is -0.123. The van der Waals surface area contributed by atoms with E-state index in [0.29, 0.717) is 18.0 Å². The molecule has 1 heterocycles. The Labute approximate surface area is 123 Å². The molecular weight excluding hydrogens is 276 g/mol. The Bertz CT molecular complexity index is 518. The summed E-state index contributed by atoms with van der Waals surface area (Å²) in [6.45, 7) is 4.05. The van der Waals surface area contributed by atoms with Gasteiger partial charge in [-0.2, -0.15) is 0 Å². The lowest BCUT2D eigenvalue weighted by atomic mass is 10.0. The van der Waals surface area contributed by atoms with Gasteiger partial charge in [0.05, 0.1) is 12.1 Å². The summed E-state index contributed by atoms with van der Waals surface area (Å²) in [7, 11) is 0. The molecule has 0 saturated carbocycles. The fraction of sp³-hybridized carbons (Fsp3) is 0.467. The van der Waals surface area contributed by atoms with Crippen LogP contribution in [0.15, 0.2) is 24.3 Å². The second-order valence-electron chi connectivity index (χ2n) is 5.26. The van der Waals surface area contributed by atoms with Gasteiger partial charge in [0.15, 0.2) is 0 Å². The largest absolute Gasteiger partial charge is 0.348 e. The van der Waals surface area contributed by atoms with E-state index in [1.807, 2.05) is 25.1 Å². The molecule has 0 spiro atoms. The lowest BCUT2D eigenvalue weighted by Gasteiger charge is -2.18. The molecule has 4 nitrogen and oxygen atoms in total. The number of carbonyl (C=O) groups is 2. The maximum absolute atomic E-state index is 12.2. The van der Waals surface area contributed by atoms with Crippen LogP contribution in [0.3, 0.4) is 0 Å². The van der Waals surface area contributed by atoms with Crippen molar-refractivity contribution < 1.29 is 9.59 Å². The molecule has 3 atom stereocenters. The zero-order valence-corrected chi connectivity index (χ0v) is 12.4. The van der Waals surface area contributed by atoms with Crippen molar-refractivity contribution in [3.63, 3.8) is 0 Å². The maximum Gasteiger partial charge on any atom is 0.237 e. The monoisotopic (exact) mass is 294 g/mol. The highest BCUT2D eigenvalue weighted by Crippen LogP contribution is 2.23. The predicted octanol–water partition coefficient (Wildman–Crippen LogP) is 2.08. The molecule has 1 saturated heterocycles. The highest BCUT2D eigenvalue weighted by Gasteiger charge is 2.32. The molecule has 0 bridgehead atoms. The average Bonchev–Trinajstić information content (AvgIpc) is 2.88. The van der Waals surface area contributed by atoms with Gasteiger partial charge in [0.25, 0.3) is 0 Å². The minimum absolute atomic E-state index is 0.0543. The fourth-order valence-electron chi connectivity index (χ4n) is 2.46. The molecule has 5 heteroatoms. The number of benzene rings is 1. The third kappa shape index (κ3) is 3.38. The van der Waals surface area contributed by atoms with Gasteiger partial charge in [-0.1, -0.05) is 29.8 Å². The molecule has 0 aromatic heterocycles. The van der Waals surface area contributed by atoms with Gasteiger partial charge in [0.1, 0.15) is 5.78 Å². The Kier molecular flexibility index (Phi) is 4.78. The molecule has 1 fully saturated rings. The molecule has 20 heavy (non-hydrogen) atoms. The highest BCUT2D eigenvalue weighted by molar-refractivity contribution is 6.31. The van der Waals surface area contributed by atoms with Gasteiger partial charge >= 0.3 is 0 Å². The molecule has 0 aliphatic carbocycles. The molecule has 1 amide bonds. The van der Waals surface area contributed by atoms with Gasteiger partial charge in [-0.3, -0.25) is 9.59 Å². The second-order valence-corrected chi connectivity index (χ2v) is 5.66. The Morgan fingerprint density at radius 2 is 2.10 bits per heavy atom. The van der Waals surface area contributed by atoms with E-state index in [4.69, 9.17) is 11.6 Å². The number of hydrogen-bond donors (Lipinski definition) is 2. The average molecular weight is 295 g/mol. The van der Waals surface area contributed by atoms with Crippen LogP contribution in [0, 0.1) is 5.92 Å². The number of carbonyl (C=O) groups excluding carboxylic acids is 2. The third-order valence-electron chi connectivity index (χ3n) is 3.75. The second kappa shape index (κ2) is 6.37. The van der Waals surface area contributed by atoms with Crippen molar-refractivity contribution in [2.24, 2.45) is 5.92 Å². The zero-order chi connectivity index (χ0) is 14.7. The van der Waals surface area contributed by atoms with Crippen molar-refractivity contribution in [3.8, 4) is 0 Å². The molecule has 2 N–H and O–H groups in total. The number of nitrogens with one attached hydrogen (secondary N) is 2. The number of hydrogen-bond acceptors (Lipinski definition) is 3. The molecule has 2 rings (SSSR count). The smallest absolute Gasteiger partial charge is 0.237 e. The Balaban J connectivity index is 1.95. The SMILES string of the molecule is CC(=O)C1CNC(C(=O)NC(C)c2ccccc2Cl)C1. The summed E-state index contributed by atoms with van der Waals surface area (Å²) in [6.07, 6.45) is 0.566. The van der Waals surface area contributed by atoms with Crippen molar-refractivity contribution in [1.82, 2.24) is 10.6 Å². The zero-order valence-electron chi connectivity index (χ0n) is 11.7. The number of Topliss-reactive ketones (excluding diaryl/α,β-unsaturated/α-hetero) is 1. The van der Waals surface area contributed by atoms with E-state index in [1.165, 1.54) is 0 Å². The van der Waals surface area contributed by atoms with Crippen molar-refractivity contribution in [1.29, 1.82) is 0 Å². The molecule has 1 aromatic carbocycles. The predicted molar refractivity (Wildman–Crippen MR) is 78.6 cm³/mol. The minimum atomic E-state index is -0.297. The van der Waals surface area contributed by atoms with E-state index in [1.54, 1.807) is 13.0 Å². The first-order valence-electron chi connectivity index (χ1n) is 6.77. The first-order chi connectivity index (χ1) is 9.49. The standard InChI is InChI=1S/C15H19ClN2O2/c1-9(12-5-3-4-6-13(12)16)18-15(20)14-7-11(8-17-14)10(2)19/h3-6,9,11,14,17H,7-8H2,1-2H3,(H,18,20). The van der Waals surface area contributed by atoms with Crippen LogP contribution < -0.4 is 10.6 Å². The molecule has 1 aliphatic heterocycles. The molecule has 108 valence electrons. The van der Waals surface area contributed by atoms with Crippen molar-refractivity contribution >= 4 is 23.3 Å². The Morgan fingerprint density at radius 3 is 2.70 bits per heavy atom. The van der Waals surface area contributed by atoms with E-state index in [-0.39, 0.29) is 29.7 Å². The first-order valence-corrected chi connectivity index (χ1v) is 7.15. The van der Waals surface area contributed by atoms with Crippen molar-refractivity contribution in [2.45, 2.75) is 32.4 Å². The van der Waals surface area contributed by atoms with E-state index < -0.39 is 0 Å². The number of halogens is 1. The molecule has 0 radical (unpaired) electrons. The Morgan fingerprint density at radius 1 is 1.40 bits per heavy atom. The number of amides is 1. The van der Waals surface area contributed by atoms with Crippen LogP contribution in [0.4, 0.5) is 0 Å². The number of ketones is 1. The maximum atomic E-state index is 12.2. The molecule has 1 aromatic rings. The van der Waals surface area contributed by atoms with E-state index in [2.05, 4.69) is 10.6 Å². The van der Waals surface area contributed by atoms with E-state index in [9.17, 15) is 9.59 Å². The first kappa shape index (κ1) is 15.0. The van der Waals surface area contributed by atoms with Crippen LogP contribution in [-0.4, -0.2) is 24.3 Å². The van der Waals surface area contributed by atoms with Gasteiger partial charge in [-0.05, 0) is 31.9 Å². The van der Waals surface area contributed by atoms with Gasteiger partial charge in [-0.15, -0.1) is 0 Å². The summed E-state index contributed by atoms with van der Waals surface area (Å²) in [4.78, 5) is 23.5. The summed E-state index contributed by atoms with van der Waals surface area (Å²) in [5, 5.41) is 6.67. The summed E-state index contributed by atoms with van der Waals surface area (Å²) in [6, 6.07) is 7.00. The van der Waals surface area contributed by atoms with Crippen LogP contribution in [-0.2, 0) is 9.59 Å². The lowest BCUT2D eigenvalue weighted by Crippen LogP contribution is -2.41. The molecular formula is C15H19ClN2O2. The summed E-state index contributed by atoms with van der Waals surface area (Å²) in [5.74, 6) is -0.00510. The Hall–Kier alpha value is -1.39. The topological polar surface area (TPSA) is 58.2 Å². The quantitative estimate of drug-likeness (QED) is 0.894. The van der Waals surface area contributed by atoms with Gasteiger partial charge in [0.2, 0.25) is 5.91 Å². The molecule has 1 aliphatic rings. The van der Waals surface area contributed by atoms with Gasteiger partial charge in [-0.25, -0.2) is 0 Å². The van der Waals surface area contributed by atoms with Crippen molar-refractivity contribution in [3.05, 3.63) is 34.9 Å². The van der Waals surface area contributed by atoms with Gasteiger partial charge < -0.3 is 10.6 Å². The van der Waals surface area contributed by atoms with Crippen LogP contribution in [0.5, 0.6) is 0 Å². The normalized spacial score (nSPS) is 23.4. The minimum Gasteiger partial charge on any atom is -0.348 e. The van der Waals surface area contributed by atoms with Crippen LogP contribution in [0.2, 0.25) is 5.02 Å². The molecule has 3 unspecified atom stereocenters. The number of rotatable bonds is 4. The summed E-state index contributed by atoms with van der Waals surface area (Å²) >= 11 is 6.12. The van der Waals surface area contributed by atoms with Crippen LogP contribution in [0.1, 0.15) is 31.9 Å². The van der Waals surface area contributed by atoms with Gasteiger partial charge in [0, 0.05) is 17.5 Å². The third-order valence-corrected chi connectivity index (χ3v) is 4.10. The van der Waals surface area contributed by atoms with E-state index in [0.717, 1.165) is 5.56 Å². The summed E-state index contributed by atoms with van der Waals surface area (Å²) in [5.41, 5.74) is 0.892. The van der Waals surface area contributed by atoms with Crippen LogP contribution in [0.25, 0.3) is 0 Å². The highest BCUT2D eigenvalue weighted by atomic mass is 35.5. The summed E-state index contributed by atoms with van der Waals surface area (Å²) < 4.78 is 0.